The first-order valence-electron chi connectivity index (χ1n) is 10.6. The molecule has 3 rings (SSSR count). The van der Waals surface area contributed by atoms with Gasteiger partial charge in [0.2, 0.25) is 0 Å². The number of hydrogen-bond acceptors (Lipinski definition) is 6. The molecule has 0 spiro atoms. The van der Waals surface area contributed by atoms with Crippen molar-refractivity contribution in [3.8, 4) is 17.6 Å². The van der Waals surface area contributed by atoms with Gasteiger partial charge in [0, 0.05) is 30.9 Å². The van der Waals surface area contributed by atoms with Crippen molar-refractivity contribution in [3.63, 3.8) is 0 Å². The molecular formula is C24H24F3N3O4S. The monoisotopic (exact) mass is 507 g/mol. The lowest BCUT2D eigenvalue weighted by Crippen LogP contribution is -2.54. The smallest absolute Gasteiger partial charge is 0.417 e. The largest absolute Gasteiger partial charge is 0.489 e. The highest BCUT2D eigenvalue weighted by molar-refractivity contribution is 7.80. The number of nitriles is 1. The highest BCUT2D eigenvalue weighted by Crippen LogP contribution is 2.38. The van der Waals surface area contributed by atoms with Gasteiger partial charge in [0.25, 0.3) is 0 Å². The van der Waals surface area contributed by atoms with Crippen molar-refractivity contribution in [2.24, 2.45) is 0 Å². The van der Waals surface area contributed by atoms with Gasteiger partial charge in [-0.2, -0.15) is 18.4 Å². The molecule has 7 nitrogen and oxygen atoms in total. The molecule has 0 saturated carbocycles. The fourth-order valence-electron chi connectivity index (χ4n) is 3.59. The van der Waals surface area contributed by atoms with Crippen LogP contribution in [-0.2, 0) is 11.0 Å². The second-order valence-electron chi connectivity index (χ2n) is 8.48. The minimum absolute atomic E-state index is 0.0441. The summed E-state index contributed by atoms with van der Waals surface area (Å²) in [6.45, 7) is 3.36. The summed E-state index contributed by atoms with van der Waals surface area (Å²) in [6.07, 6.45) is -3.99. The Labute approximate surface area is 206 Å². The van der Waals surface area contributed by atoms with E-state index >= 15 is 0 Å². The molecule has 1 N–H and O–H groups in total. The number of rotatable bonds is 5. The summed E-state index contributed by atoms with van der Waals surface area (Å²) in [6, 6.07) is 9.73. The Balaban J connectivity index is 2.04. The van der Waals surface area contributed by atoms with E-state index < -0.39 is 28.9 Å². The first-order valence-corrected chi connectivity index (χ1v) is 11.0. The number of ether oxygens (including phenoxy) is 2. The quantitative estimate of drug-likeness (QED) is 0.474. The maximum atomic E-state index is 13.5. The lowest BCUT2D eigenvalue weighted by atomic mass is 10.0. The van der Waals surface area contributed by atoms with Gasteiger partial charge < -0.3 is 29.2 Å². The average Bonchev–Trinajstić information content (AvgIpc) is 3.04. The third-order valence-corrected chi connectivity index (χ3v) is 6.00. The fraction of sp³-hybridized carbons (Fsp3) is 0.375. The van der Waals surface area contributed by atoms with Crippen LogP contribution in [-0.4, -0.2) is 48.4 Å². The Morgan fingerprint density at radius 2 is 1.91 bits per heavy atom. The number of thiocarbonyl (C=S) groups is 1. The number of anilines is 2. The van der Waals surface area contributed by atoms with Gasteiger partial charge in [-0.3, -0.25) is 0 Å². The van der Waals surface area contributed by atoms with E-state index in [0.717, 1.165) is 12.1 Å². The third-order valence-electron chi connectivity index (χ3n) is 5.54. The summed E-state index contributed by atoms with van der Waals surface area (Å²) >= 11 is 5.64. The van der Waals surface area contributed by atoms with E-state index in [9.17, 15) is 23.1 Å². The van der Waals surface area contributed by atoms with Crippen molar-refractivity contribution >= 4 is 35.0 Å². The summed E-state index contributed by atoms with van der Waals surface area (Å²) in [5, 5.41) is 18.5. The number of alkyl halides is 3. The molecule has 0 aromatic heterocycles. The zero-order valence-corrected chi connectivity index (χ0v) is 20.1. The Bertz CT molecular complexity index is 1160. The highest BCUT2D eigenvalue weighted by Gasteiger charge is 2.36. The molecule has 1 atom stereocenters. The van der Waals surface area contributed by atoms with Gasteiger partial charge in [-0.05, 0) is 56.4 Å². The van der Waals surface area contributed by atoms with Gasteiger partial charge in [0.15, 0.2) is 16.6 Å². The highest BCUT2D eigenvalue weighted by atomic mass is 32.1. The van der Waals surface area contributed by atoms with Crippen LogP contribution in [0.2, 0.25) is 0 Å². The average molecular weight is 508 g/mol. The number of aldehydes is 1. The van der Waals surface area contributed by atoms with Gasteiger partial charge in [0.05, 0.1) is 35.9 Å². The van der Waals surface area contributed by atoms with Gasteiger partial charge in [-0.15, -0.1) is 0 Å². The molecule has 0 saturated heterocycles. The Hall–Kier alpha value is -3.36. The van der Waals surface area contributed by atoms with Crippen molar-refractivity contribution in [1.29, 1.82) is 5.26 Å². The topological polar surface area (TPSA) is 86.0 Å². The summed E-state index contributed by atoms with van der Waals surface area (Å²) in [5.41, 5.74) is -2.23. The Morgan fingerprint density at radius 1 is 1.23 bits per heavy atom. The predicted octanol–water partition coefficient (Wildman–Crippen LogP) is 4.30. The molecule has 0 amide bonds. The molecule has 11 heteroatoms. The van der Waals surface area contributed by atoms with Crippen LogP contribution in [0.3, 0.4) is 0 Å². The first-order chi connectivity index (χ1) is 16.4. The van der Waals surface area contributed by atoms with E-state index in [2.05, 4.69) is 0 Å². The maximum Gasteiger partial charge on any atom is 0.417 e. The number of fused-ring (bicyclic) bond motifs is 1. The lowest BCUT2D eigenvalue weighted by molar-refractivity contribution is -0.137. The summed E-state index contributed by atoms with van der Waals surface area (Å²) in [5.74, 6) is 0.795. The first kappa shape index (κ1) is 26.2. The number of carbonyl (C=O) groups excluding carboxylic acids is 1. The molecule has 1 heterocycles. The predicted molar refractivity (Wildman–Crippen MR) is 128 cm³/mol. The number of aliphatic hydroxyl groups excluding tert-OH is 1. The molecule has 1 aliphatic heterocycles. The van der Waals surface area contributed by atoms with E-state index in [0.29, 0.717) is 36.5 Å². The molecule has 1 unspecified atom stereocenters. The lowest BCUT2D eigenvalue weighted by Gasteiger charge is -2.40. The van der Waals surface area contributed by atoms with E-state index in [1.807, 2.05) is 0 Å². The minimum Gasteiger partial charge on any atom is -0.489 e. The number of benzene rings is 2. The molecule has 0 aliphatic carbocycles. The molecule has 2 aromatic carbocycles. The van der Waals surface area contributed by atoms with E-state index in [4.69, 9.17) is 27.0 Å². The fourth-order valence-corrected chi connectivity index (χ4v) is 4.04. The van der Waals surface area contributed by atoms with Crippen molar-refractivity contribution in [1.82, 2.24) is 0 Å². The number of nitrogens with zero attached hydrogens (tertiary/aromatic N) is 3. The third kappa shape index (κ3) is 5.49. The molecule has 2 aromatic rings. The number of hydrogen-bond donors (Lipinski definition) is 1. The van der Waals surface area contributed by atoms with Crippen molar-refractivity contribution in [2.75, 3.05) is 30.1 Å². The summed E-state index contributed by atoms with van der Waals surface area (Å²) in [4.78, 5) is 14.8. The van der Waals surface area contributed by atoms with Crippen LogP contribution in [0.25, 0.3) is 0 Å². The van der Waals surface area contributed by atoms with E-state index in [1.165, 1.54) is 22.9 Å². The van der Waals surface area contributed by atoms with Gasteiger partial charge in [-0.1, -0.05) is 0 Å². The Morgan fingerprint density at radius 3 is 2.51 bits per heavy atom. The minimum atomic E-state index is -4.73. The second-order valence-corrected chi connectivity index (χ2v) is 8.84. The van der Waals surface area contributed by atoms with Crippen LogP contribution in [0, 0.1) is 11.3 Å². The van der Waals surface area contributed by atoms with E-state index in [-0.39, 0.29) is 17.4 Å². The van der Waals surface area contributed by atoms with Crippen LogP contribution in [0.4, 0.5) is 24.5 Å². The van der Waals surface area contributed by atoms with E-state index in [1.54, 1.807) is 38.1 Å². The van der Waals surface area contributed by atoms with Crippen LogP contribution in [0.1, 0.15) is 31.4 Å². The van der Waals surface area contributed by atoms with Crippen molar-refractivity contribution in [2.45, 2.75) is 38.1 Å². The van der Waals surface area contributed by atoms with Gasteiger partial charge in [-0.25, -0.2) is 0 Å². The van der Waals surface area contributed by atoms with Crippen LogP contribution in [0.15, 0.2) is 36.4 Å². The summed E-state index contributed by atoms with van der Waals surface area (Å²) < 4.78 is 52.0. The van der Waals surface area contributed by atoms with Crippen molar-refractivity contribution < 1.29 is 32.5 Å². The number of carbonyl (C=O) groups is 1. The van der Waals surface area contributed by atoms with Crippen LogP contribution in [0.5, 0.6) is 11.5 Å². The molecule has 186 valence electrons. The van der Waals surface area contributed by atoms with Gasteiger partial charge in [0.1, 0.15) is 12.4 Å². The number of aliphatic hydroxyl groups is 1. The van der Waals surface area contributed by atoms with Gasteiger partial charge >= 0.3 is 6.18 Å². The zero-order valence-electron chi connectivity index (χ0n) is 19.3. The second kappa shape index (κ2) is 10.1. The molecule has 35 heavy (non-hydrogen) atoms. The molecule has 0 radical (unpaired) electrons. The maximum absolute atomic E-state index is 13.5. The molecule has 1 aliphatic rings. The van der Waals surface area contributed by atoms with Crippen molar-refractivity contribution in [3.05, 3.63) is 47.5 Å². The van der Waals surface area contributed by atoms with Crippen LogP contribution < -0.4 is 19.3 Å². The van der Waals surface area contributed by atoms with Crippen LogP contribution >= 0.6 is 12.2 Å². The standard InChI is InChI=1S/C24H24F3N3O4S/c1-23(2,14-32)30(17-6-7-20-21(11-17)33-9-8-18(13-31)34-20)22(35)29(3)16-5-4-15(12-28)19(10-16)24(25,26)27/h4-7,10-11,14,18,31H,8-9,13H2,1-3H3. The molecule has 0 bridgehead atoms. The number of halogens is 3. The Kier molecular flexibility index (Phi) is 7.57. The molecule has 0 fully saturated rings. The SMILES string of the molecule is CN(C(=S)N(c1ccc2c(c1)OCCC(CO)O2)C(C)(C)C=O)c1ccc(C#N)c(C(F)(F)F)c1. The zero-order chi connectivity index (χ0) is 26.0. The summed E-state index contributed by atoms with van der Waals surface area (Å²) in [7, 11) is 1.48. The normalized spacial score (nSPS) is 15.5. The molecular weight excluding hydrogens is 483 g/mol.